The number of allylic oxidation sites excluding steroid dienone is 1. The second kappa shape index (κ2) is 8.27. The van der Waals surface area contributed by atoms with Crippen LogP contribution >= 0.6 is 15.9 Å². The van der Waals surface area contributed by atoms with Crippen molar-refractivity contribution >= 4 is 27.9 Å². The Morgan fingerprint density at radius 1 is 1.50 bits per heavy atom. The van der Waals surface area contributed by atoms with Crippen molar-refractivity contribution in [1.29, 1.82) is 0 Å². The number of ether oxygens (including phenoxy) is 2. The van der Waals surface area contributed by atoms with E-state index in [9.17, 15) is 14.7 Å². The third-order valence-corrected chi connectivity index (χ3v) is 4.67. The normalized spacial score (nSPS) is 17.0. The van der Waals surface area contributed by atoms with Crippen LogP contribution in [0, 0.1) is 0 Å². The highest BCUT2D eigenvalue weighted by atomic mass is 79.9. The lowest BCUT2D eigenvalue weighted by Gasteiger charge is -2.35. The summed E-state index contributed by atoms with van der Waals surface area (Å²) in [5.41, 5.74) is 1.40. The zero-order valence-electron chi connectivity index (χ0n) is 14.8. The topological polar surface area (TPSA) is 88.1 Å². The highest BCUT2D eigenvalue weighted by molar-refractivity contribution is 9.10. The van der Waals surface area contributed by atoms with Gasteiger partial charge in [-0.15, -0.1) is 0 Å². The smallest absolute Gasteiger partial charge is 0.338 e. The Morgan fingerprint density at radius 2 is 2.19 bits per heavy atom. The lowest BCUT2D eigenvalue weighted by atomic mass is 9.94. The van der Waals surface area contributed by atoms with E-state index in [4.69, 9.17) is 9.47 Å². The van der Waals surface area contributed by atoms with Crippen molar-refractivity contribution in [1.82, 2.24) is 10.2 Å². The standard InChI is InChI=1S/C18H21BrN2O5/c1-5-7-26-17(23)14-10(3)21(6-2)18(24)20-15(14)11-8-12(19)16(22)13(9-11)25-4/h5,8-9,15,22H,1,6-7H2,2-4H3,(H,20,24)/t15-/m0/s1. The van der Waals surface area contributed by atoms with Crippen LogP contribution in [0.15, 0.2) is 40.5 Å². The molecule has 0 radical (unpaired) electrons. The zero-order valence-corrected chi connectivity index (χ0v) is 16.4. The highest BCUT2D eigenvalue weighted by Crippen LogP contribution is 2.40. The molecule has 8 heteroatoms. The molecular weight excluding hydrogens is 404 g/mol. The Kier molecular flexibility index (Phi) is 6.31. The number of phenols is 1. The van der Waals surface area contributed by atoms with Gasteiger partial charge in [0, 0.05) is 12.2 Å². The van der Waals surface area contributed by atoms with Crippen LogP contribution in [0.25, 0.3) is 0 Å². The summed E-state index contributed by atoms with van der Waals surface area (Å²) in [4.78, 5) is 26.5. The number of nitrogens with one attached hydrogen (secondary N) is 1. The van der Waals surface area contributed by atoms with Crippen molar-refractivity contribution in [2.45, 2.75) is 19.9 Å². The lowest BCUT2D eigenvalue weighted by molar-refractivity contribution is -0.138. The van der Waals surface area contributed by atoms with Crippen LogP contribution in [0.1, 0.15) is 25.5 Å². The molecule has 0 bridgehead atoms. The molecule has 1 aromatic carbocycles. The Hall–Kier alpha value is -2.48. The number of urea groups is 1. The van der Waals surface area contributed by atoms with Crippen LogP contribution in [0.3, 0.4) is 0 Å². The largest absolute Gasteiger partial charge is 0.503 e. The van der Waals surface area contributed by atoms with Gasteiger partial charge in [0.1, 0.15) is 6.61 Å². The van der Waals surface area contributed by atoms with Crippen LogP contribution in [0.4, 0.5) is 4.79 Å². The number of amides is 2. The molecule has 0 saturated heterocycles. The van der Waals surface area contributed by atoms with Crippen LogP contribution in [0.5, 0.6) is 11.5 Å². The first-order valence-electron chi connectivity index (χ1n) is 7.98. The molecule has 26 heavy (non-hydrogen) atoms. The highest BCUT2D eigenvalue weighted by Gasteiger charge is 2.36. The number of halogens is 1. The van der Waals surface area contributed by atoms with Crippen LogP contribution in [-0.4, -0.2) is 42.3 Å². The van der Waals surface area contributed by atoms with Crippen LogP contribution in [-0.2, 0) is 9.53 Å². The summed E-state index contributed by atoms with van der Waals surface area (Å²) in [6.45, 7) is 7.52. The van der Waals surface area contributed by atoms with E-state index >= 15 is 0 Å². The maximum Gasteiger partial charge on any atom is 0.338 e. The van der Waals surface area contributed by atoms with E-state index in [2.05, 4.69) is 27.8 Å². The van der Waals surface area contributed by atoms with Gasteiger partial charge in [0.15, 0.2) is 11.5 Å². The Bertz CT molecular complexity index is 775. The van der Waals surface area contributed by atoms with Gasteiger partial charge in [0.05, 0.1) is 23.2 Å². The Labute approximate surface area is 160 Å². The van der Waals surface area contributed by atoms with Crippen LogP contribution < -0.4 is 10.1 Å². The van der Waals surface area contributed by atoms with Crippen LogP contribution in [0.2, 0.25) is 0 Å². The molecule has 140 valence electrons. The number of nitrogens with zero attached hydrogens (tertiary/aromatic N) is 1. The Morgan fingerprint density at radius 3 is 2.77 bits per heavy atom. The summed E-state index contributed by atoms with van der Waals surface area (Å²) in [5, 5.41) is 12.8. The number of benzene rings is 1. The SMILES string of the molecule is C=CCOC(=O)C1=C(C)N(CC)C(=O)N[C@H]1c1cc(Br)c(O)c(OC)c1. The molecule has 0 fully saturated rings. The minimum Gasteiger partial charge on any atom is -0.503 e. The summed E-state index contributed by atoms with van der Waals surface area (Å²) in [6.07, 6.45) is 1.47. The van der Waals surface area contributed by atoms with Crippen molar-refractivity contribution in [2.24, 2.45) is 0 Å². The van der Waals surface area contributed by atoms with E-state index in [0.717, 1.165) is 0 Å². The number of methoxy groups -OCH3 is 1. The lowest BCUT2D eigenvalue weighted by Crippen LogP contribution is -2.47. The zero-order chi connectivity index (χ0) is 19.4. The summed E-state index contributed by atoms with van der Waals surface area (Å²) in [6, 6.07) is 2.13. The molecule has 0 saturated carbocycles. The van der Waals surface area contributed by atoms with Crippen molar-refractivity contribution in [3.63, 3.8) is 0 Å². The second-order valence-electron chi connectivity index (χ2n) is 5.57. The average Bonchev–Trinajstić information content (AvgIpc) is 2.61. The number of esters is 1. The number of phenolic OH excluding ortho intramolecular Hbond substituents is 1. The Balaban J connectivity index is 2.59. The molecule has 7 nitrogen and oxygen atoms in total. The fraction of sp³-hybridized carbons (Fsp3) is 0.333. The maximum absolute atomic E-state index is 12.6. The molecule has 1 heterocycles. The average molecular weight is 425 g/mol. The molecule has 1 aliphatic rings. The second-order valence-corrected chi connectivity index (χ2v) is 6.42. The molecule has 1 aromatic rings. The van der Waals surface area contributed by atoms with Gasteiger partial charge in [0.2, 0.25) is 0 Å². The molecule has 0 aliphatic carbocycles. The van der Waals surface area contributed by atoms with E-state index in [1.54, 1.807) is 19.1 Å². The fourth-order valence-corrected chi connectivity index (χ4v) is 3.26. The molecule has 2 N–H and O–H groups in total. The minimum atomic E-state index is -0.742. The summed E-state index contributed by atoms with van der Waals surface area (Å²) in [7, 11) is 1.42. The molecule has 0 unspecified atom stereocenters. The first kappa shape index (κ1) is 19.8. The number of carbonyl (C=O) groups excluding carboxylic acids is 2. The van der Waals surface area contributed by atoms with E-state index in [1.807, 2.05) is 6.92 Å². The predicted molar refractivity (Wildman–Crippen MR) is 99.9 cm³/mol. The molecule has 0 spiro atoms. The first-order valence-corrected chi connectivity index (χ1v) is 8.78. The predicted octanol–water partition coefficient (Wildman–Crippen LogP) is 3.25. The van der Waals surface area contributed by atoms with Gasteiger partial charge < -0.3 is 19.9 Å². The third-order valence-electron chi connectivity index (χ3n) is 4.07. The fourth-order valence-electron chi connectivity index (χ4n) is 2.80. The maximum atomic E-state index is 12.6. The summed E-state index contributed by atoms with van der Waals surface area (Å²) in [5.74, 6) is -0.392. The monoisotopic (exact) mass is 424 g/mol. The number of aromatic hydroxyl groups is 1. The quantitative estimate of drug-likeness (QED) is 0.540. The summed E-state index contributed by atoms with van der Waals surface area (Å²) < 4.78 is 10.8. The van der Waals surface area contributed by atoms with Crippen molar-refractivity contribution in [3.05, 3.63) is 46.1 Å². The number of carbonyl (C=O) groups is 2. The third kappa shape index (κ3) is 3.70. The van der Waals surface area contributed by atoms with Crippen molar-refractivity contribution in [3.8, 4) is 11.5 Å². The van der Waals surface area contributed by atoms with Gasteiger partial charge in [0.25, 0.3) is 0 Å². The number of hydrogen-bond donors (Lipinski definition) is 2. The van der Waals surface area contributed by atoms with E-state index in [1.165, 1.54) is 18.1 Å². The number of rotatable bonds is 6. The van der Waals surface area contributed by atoms with Gasteiger partial charge in [-0.1, -0.05) is 12.7 Å². The van der Waals surface area contributed by atoms with Gasteiger partial charge in [-0.25, -0.2) is 9.59 Å². The van der Waals surface area contributed by atoms with Gasteiger partial charge in [-0.2, -0.15) is 0 Å². The molecule has 1 aliphatic heterocycles. The van der Waals surface area contributed by atoms with Crippen molar-refractivity contribution in [2.75, 3.05) is 20.3 Å². The van der Waals surface area contributed by atoms with Gasteiger partial charge >= 0.3 is 12.0 Å². The van der Waals surface area contributed by atoms with E-state index < -0.39 is 12.0 Å². The van der Waals surface area contributed by atoms with Gasteiger partial charge in [-0.3, -0.25) is 4.90 Å². The number of hydrogen-bond acceptors (Lipinski definition) is 5. The van der Waals surface area contributed by atoms with E-state index in [-0.39, 0.29) is 24.1 Å². The first-order chi connectivity index (χ1) is 12.3. The van der Waals surface area contributed by atoms with E-state index in [0.29, 0.717) is 27.9 Å². The molecular formula is C18H21BrN2O5. The molecule has 0 aromatic heterocycles. The summed E-state index contributed by atoms with van der Waals surface area (Å²) >= 11 is 3.26. The van der Waals surface area contributed by atoms with Crippen molar-refractivity contribution < 1.29 is 24.2 Å². The molecule has 1 atom stereocenters. The minimum absolute atomic E-state index is 0.0605. The molecule has 2 amide bonds. The van der Waals surface area contributed by atoms with Gasteiger partial charge in [-0.05, 0) is 47.5 Å². The molecule has 2 rings (SSSR count).